The molecule has 0 heterocycles. The van der Waals surface area contributed by atoms with Gasteiger partial charge in [0.1, 0.15) is 11.5 Å². The van der Waals surface area contributed by atoms with E-state index in [0.29, 0.717) is 35.1 Å². The Balaban J connectivity index is 1.43. The number of nitrogens with one attached hydrogen (secondary N) is 1. The lowest BCUT2D eigenvalue weighted by atomic mass is 10.2. The molecule has 148 valence electrons. The molecule has 0 aliphatic heterocycles. The Kier molecular flexibility index (Phi) is 7.25. The van der Waals surface area contributed by atoms with E-state index in [1.165, 1.54) is 0 Å². The number of anilines is 1. The highest BCUT2D eigenvalue weighted by atomic mass is 35.5. The molecule has 0 saturated heterocycles. The summed E-state index contributed by atoms with van der Waals surface area (Å²) in [4.78, 5) is 24.2. The largest absolute Gasteiger partial charge is 0.494 e. The third-order valence-corrected chi connectivity index (χ3v) is 4.33. The summed E-state index contributed by atoms with van der Waals surface area (Å²) in [6.45, 7) is 0.437. The zero-order valence-corrected chi connectivity index (χ0v) is 16.4. The van der Waals surface area contributed by atoms with Crippen molar-refractivity contribution in [2.45, 2.75) is 12.8 Å². The smallest absolute Gasteiger partial charge is 0.311 e. The molecule has 0 radical (unpaired) electrons. The van der Waals surface area contributed by atoms with Gasteiger partial charge in [-0.3, -0.25) is 9.59 Å². The van der Waals surface area contributed by atoms with Crippen molar-refractivity contribution in [2.24, 2.45) is 0 Å². The van der Waals surface area contributed by atoms with Gasteiger partial charge in [0, 0.05) is 12.1 Å². The zero-order valence-electron chi connectivity index (χ0n) is 15.6. The molecule has 0 aliphatic carbocycles. The first-order valence-corrected chi connectivity index (χ1v) is 9.54. The van der Waals surface area contributed by atoms with Crippen LogP contribution in [0.5, 0.6) is 11.5 Å². The molecule has 5 nitrogen and oxygen atoms in total. The third kappa shape index (κ3) is 6.36. The minimum absolute atomic E-state index is 0.248. The molecular formula is C23H20ClNO4. The molecule has 0 aromatic heterocycles. The van der Waals surface area contributed by atoms with Crippen LogP contribution in [0.3, 0.4) is 0 Å². The molecule has 3 aromatic carbocycles. The molecule has 3 rings (SSSR count). The summed E-state index contributed by atoms with van der Waals surface area (Å²) in [5.41, 5.74) is 0.966. The lowest BCUT2D eigenvalue weighted by Gasteiger charge is -2.09. The summed E-state index contributed by atoms with van der Waals surface area (Å²) >= 11 is 6.03. The van der Waals surface area contributed by atoms with Gasteiger partial charge in [-0.1, -0.05) is 41.9 Å². The van der Waals surface area contributed by atoms with Crippen LogP contribution in [0, 0.1) is 0 Å². The Morgan fingerprint density at radius 3 is 2.24 bits per heavy atom. The van der Waals surface area contributed by atoms with Crippen molar-refractivity contribution in [1.82, 2.24) is 0 Å². The number of esters is 1. The molecule has 3 aromatic rings. The summed E-state index contributed by atoms with van der Waals surface area (Å²) in [5.74, 6) is 0.540. The van der Waals surface area contributed by atoms with Crippen molar-refractivity contribution >= 4 is 29.2 Å². The molecule has 0 unspecified atom stereocenters. The van der Waals surface area contributed by atoms with Gasteiger partial charge in [-0.25, -0.2) is 0 Å². The maximum absolute atomic E-state index is 12.3. The predicted molar refractivity (Wildman–Crippen MR) is 113 cm³/mol. The zero-order chi connectivity index (χ0) is 20.5. The van der Waals surface area contributed by atoms with Gasteiger partial charge in [-0.2, -0.15) is 0 Å². The van der Waals surface area contributed by atoms with Gasteiger partial charge < -0.3 is 14.8 Å². The highest BCUT2D eigenvalue weighted by Gasteiger charge is 2.10. The number of rotatable bonds is 8. The lowest BCUT2D eigenvalue weighted by Crippen LogP contribution is -2.12. The quantitative estimate of drug-likeness (QED) is 0.309. The standard InChI is InChI=1S/C23H20ClNO4/c24-21-10-5-4-9-20(21)23(27)25-17-12-14-19(15-13-17)29-22(26)11-6-16-28-18-7-2-1-3-8-18/h1-5,7-10,12-15H,6,11,16H2,(H,25,27). The van der Waals surface area contributed by atoms with Crippen LogP contribution in [-0.4, -0.2) is 18.5 Å². The molecule has 1 N–H and O–H groups in total. The molecular weight excluding hydrogens is 390 g/mol. The molecule has 0 bridgehead atoms. The summed E-state index contributed by atoms with van der Waals surface area (Å²) in [6.07, 6.45) is 0.803. The summed E-state index contributed by atoms with van der Waals surface area (Å²) in [6, 6.07) is 22.8. The van der Waals surface area contributed by atoms with Crippen LogP contribution < -0.4 is 14.8 Å². The monoisotopic (exact) mass is 409 g/mol. The van der Waals surface area contributed by atoms with E-state index in [4.69, 9.17) is 21.1 Å². The number of ether oxygens (including phenoxy) is 2. The predicted octanol–water partition coefficient (Wildman–Crippen LogP) is 5.36. The van der Waals surface area contributed by atoms with Crippen molar-refractivity contribution < 1.29 is 19.1 Å². The topological polar surface area (TPSA) is 64.6 Å². The van der Waals surface area contributed by atoms with Crippen LogP contribution in [0.15, 0.2) is 78.9 Å². The first-order valence-electron chi connectivity index (χ1n) is 9.16. The van der Waals surface area contributed by atoms with Crippen molar-refractivity contribution in [3.63, 3.8) is 0 Å². The van der Waals surface area contributed by atoms with Crippen LogP contribution in [0.1, 0.15) is 23.2 Å². The van der Waals surface area contributed by atoms with Gasteiger partial charge in [0.15, 0.2) is 0 Å². The summed E-state index contributed by atoms with van der Waals surface area (Å²) in [5, 5.41) is 3.14. The number of benzene rings is 3. The second-order valence-corrected chi connectivity index (χ2v) is 6.60. The van der Waals surface area contributed by atoms with E-state index in [2.05, 4.69) is 5.32 Å². The van der Waals surface area contributed by atoms with Crippen molar-refractivity contribution in [1.29, 1.82) is 0 Å². The maximum Gasteiger partial charge on any atom is 0.311 e. The second-order valence-electron chi connectivity index (χ2n) is 6.20. The number of hydrogen-bond donors (Lipinski definition) is 1. The molecule has 0 aliphatic rings. The Hall–Kier alpha value is -3.31. The minimum atomic E-state index is -0.338. The number of hydrogen-bond acceptors (Lipinski definition) is 4. The van der Waals surface area contributed by atoms with Crippen LogP contribution in [-0.2, 0) is 4.79 Å². The number of halogens is 1. The molecule has 29 heavy (non-hydrogen) atoms. The minimum Gasteiger partial charge on any atom is -0.494 e. The van der Waals surface area contributed by atoms with E-state index in [0.717, 1.165) is 5.75 Å². The summed E-state index contributed by atoms with van der Waals surface area (Å²) in [7, 11) is 0. The van der Waals surface area contributed by atoms with Gasteiger partial charge in [-0.15, -0.1) is 0 Å². The van der Waals surface area contributed by atoms with Crippen molar-refractivity contribution in [3.05, 3.63) is 89.4 Å². The highest BCUT2D eigenvalue weighted by Crippen LogP contribution is 2.20. The average molecular weight is 410 g/mol. The van der Waals surface area contributed by atoms with Gasteiger partial charge in [-0.05, 0) is 55.0 Å². The Morgan fingerprint density at radius 2 is 1.52 bits per heavy atom. The van der Waals surface area contributed by atoms with E-state index in [1.54, 1.807) is 48.5 Å². The fourth-order valence-corrected chi connectivity index (χ4v) is 2.78. The second kappa shape index (κ2) is 10.3. The molecule has 6 heteroatoms. The molecule has 0 fully saturated rings. The van der Waals surface area contributed by atoms with Crippen molar-refractivity contribution in [3.8, 4) is 11.5 Å². The van der Waals surface area contributed by atoms with Crippen LogP contribution in [0.2, 0.25) is 5.02 Å². The molecule has 0 saturated carbocycles. The summed E-state index contributed by atoms with van der Waals surface area (Å²) < 4.78 is 10.8. The fraction of sp³-hybridized carbons (Fsp3) is 0.130. The molecule has 0 atom stereocenters. The van der Waals surface area contributed by atoms with E-state index in [1.807, 2.05) is 30.3 Å². The molecule has 1 amide bonds. The first-order chi connectivity index (χ1) is 14.1. The molecule has 0 spiro atoms. The van der Waals surface area contributed by atoms with E-state index >= 15 is 0 Å². The SMILES string of the molecule is O=C(CCCOc1ccccc1)Oc1ccc(NC(=O)c2ccccc2Cl)cc1. The van der Waals surface area contributed by atoms with Gasteiger partial charge >= 0.3 is 5.97 Å². The fourth-order valence-electron chi connectivity index (χ4n) is 2.56. The van der Waals surface area contributed by atoms with Crippen LogP contribution in [0.25, 0.3) is 0 Å². The van der Waals surface area contributed by atoms with E-state index in [-0.39, 0.29) is 18.3 Å². The first kappa shape index (κ1) is 20.4. The highest BCUT2D eigenvalue weighted by molar-refractivity contribution is 6.34. The van der Waals surface area contributed by atoms with Crippen LogP contribution >= 0.6 is 11.6 Å². The number of carbonyl (C=O) groups is 2. The normalized spacial score (nSPS) is 10.2. The Morgan fingerprint density at radius 1 is 0.828 bits per heavy atom. The Bertz CT molecular complexity index is 958. The third-order valence-electron chi connectivity index (χ3n) is 4.00. The van der Waals surface area contributed by atoms with E-state index in [9.17, 15) is 9.59 Å². The van der Waals surface area contributed by atoms with Gasteiger partial charge in [0.05, 0.1) is 17.2 Å². The maximum atomic E-state index is 12.3. The lowest BCUT2D eigenvalue weighted by molar-refractivity contribution is -0.134. The van der Waals surface area contributed by atoms with Crippen molar-refractivity contribution in [2.75, 3.05) is 11.9 Å². The van der Waals surface area contributed by atoms with Gasteiger partial charge in [0.25, 0.3) is 5.91 Å². The number of carbonyl (C=O) groups excluding carboxylic acids is 2. The van der Waals surface area contributed by atoms with Crippen LogP contribution in [0.4, 0.5) is 5.69 Å². The Labute approximate surface area is 174 Å². The number of para-hydroxylation sites is 1. The van der Waals surface area contributed by atoms with Gasteiger partial charge in [0.2, 0.25) is 0 Å². The number of amides is 1. The average Bonchev–Trinajstić information content (AvgIpc) is 2.74. The van der Waals surface area contributed by atoms with E-state index < -0.39 is 0 Å².